The molecule has 0 saturated carbocycles. The summed E-state index contributed by atoms with van der Waals surface area (Å²) in [4.78, 5) is 0. The second-order valence-electron chi connectivity index (χ2n) is 0. The summed E-state index contributed by atoms with van der Waals surface area (Å²) in [6.45, 7) is 0. The van der Waals surface area contributed by atoms with Gasteiger partial charge >= 0.3 is 69.9 Å². The number of rotatable bonds is 0. The van der Waals surface area contributed by atoms with Gasteiger partial charge in [-0.25, -0.2) is 0 Å². The van der Waals surface area contributed by atoms with Crippen molar-refractivity contribution in [1.82, 2.24) is 0 Å². The fourth-order valence-corrected chi connectivity index (χ4v) is 0. The van der Waals surface area contributed by atoms with Crippen molar-refractivity contribution >= 4 is 27.3 Å². The van der Waals surface area contributed by atoms with E-state index in [9.17, 15) is 0 Å². The van der Waals surface area contributed by atoms with Crippen LogP contribution in [0, 0.1) is 0 Å². The minimum Gasteiger partial charge on any atom is 0 e. The smallest absolute Gasteiger partial charge is 0 e. The molecule has 0 aliphatic carbocycles. The quantitative estimate of drug-likeness (QED) is 0.397. The van der Waals surface area contributed by atoms with E-state index in [0.29, 0.717) is 0 Å². The Morgan fingerprint density at radius 3 is 1.40 bits per heavy atom. The molecule has 0 spiro atoms. The van der Waals surface area contributed by atoms with Crippen molar-refractivity contribution in [2.75, 3.05) is 0 Å². The largest absolute Gasteiger partial charge is 0 e. The summed E-state index contributed by atoms with van der Waals surface area (Å²) in [6, 6.07) is 0. The van der Waals surface area contributed by atoms with Crippen LogP contribution in [0.2, 0.25) is 0 Å². The molecular formula is H3LiOPbTiZr. The van der Waals surface area contributed by atoms with Crippen LogP contribution in [0.25, 0.3) is 0 Å². The second kappa shape index (κ2) is 28.5. The molecule has 0 aliphatic rings. The van der Waals surface area contributed by atoms with Crippen molar-refractivity contribution in [3.05, 3.63) is 0 Å². The van der Waals surface area contributed by atoms with Crippen LogP contribution in [0.4, 0.5) is 0 Å². The van der Waals surface area contributed by atoms with Gasteiger partial charge < -0.3 is 1.43 Å². The molecule has 0 N–H and O–H groups in total. The maximum atomic E-state index is 8.25. The number of hydrogen-bond donors (Lipinski definition) is 0. The summed E-state index contributed by atoms with van der Waals surface area (Å²) in [5.74, 6) is 0. The van der Waals surface area contributed by atoms with Crippen LogP contribution in [-0.2, 0) is 49.9 Å². The Morgan fingerprint density at radius 2 is 1.40 bits per heavy atom. The molecule has 0 aromatic heterocycles. The predicted octanol–water partition coefficient (Wildman–Crippen LogP) is -3.92. The van der Waals surface area contributed by atoms with E-state index in [0.717, 1.165) is 20.4 Å². The molecule has 0 fully saturated rings. The molecule has 0 bridgehead atoms. The van der Waals surface area contributed by atoms with Crippen LogP contribution < -0.4 is 18.9 Å². The van der Waals surface area contributed by atoms with Gasteiger partial charge in [0.25, 0.3) is 0 Å². The fraction of sp³-hybridized carbons (Fsp3) is 0. The third kappa shape index (κ3) is 19.7. The molecule has 0 atom stereocenters. The van der Waals surface area contributed by atoms with Crippen LogP contribution in [0.5, 0.6) is 0 Å². The van der Waals surface area contributed by atoms with Crippen molar-refractivity contribution in [2.24, 2.45) is 0 Å². The first-order valence-corrected chi connectivity index (χ1v) is 0.842. The third-order valence-electron chi connectivity index (χ3n) is 0. The summed E-state index contributed by atoms with van der Waals surface area (Å²) in [6.07, 6.45) is 0. The first-order valence-electron chi connectivity index (χ1n) is 0.204. The van der Waals surface area contributed by atoms with Crippen LogP contribution >= 0.6 is 0 Å². The second-order valence-corrected chi connectivity index (χ2v) is 0. The van der Waals surface area contributed by atoms with Gasteiger partial charge in [0.1, 0.15) is 0 Å². The molecule has 5 heteroatoms. The van der Waals surface area contributed by atoms with Gasteiger partial charge in [-0.3, -0.25) is 0 Å². The molecular weight excluding hydrogens is 369 g/mol. The Hall–Kier alpha value is 2.92. The van der Waals surface area contributed by atoms with Crippen molar-refractivity contribution in [3.8, 4) is 0 Å². The molecule has 0 amide bonds. The molecule has 0 unspecified atom stereocenters. The third-order valence-corrected chi connectivity index (χ3v) is 0. The van der Waals surface area contributed by atoms with Gasteiger partial charge in [-0.1, -0.05) is 0 Å². The zero-order valence-corrected chi connectivity index (χ0v) is 12.6. The molecule has 0 aromatic carbocycles. The first-order chi connectivity index (χ1) is 1.00. The average molecular weight is 372 g/mol. The van der Waals surface area contributed by atoms with Gasteiger partial charge in [0.05, 0.1) is 0 Å². The molecule has 0 saturated heterocycles. The van der Waals surface area contributed by atoms with Gasteiger partial charge in [-0.2, -0.15) is 0 Å². The summed E-state index contributed by atoms with van der Waals surface area (Å²) >= 11 is 0.750. The Morgan fingerprint density at radius 1 is 1.40 bits per heavy atom. The predicted molar refractivity (Wildman–Crippen MR) is 10.3 cm³/mol. The normalized spacial score (nSPS) is 0.600. The van der Waals surface area contributed by atoms with E-state index in [1.54, 1.807) is 0 Å². The summed E-state index contributed by atoms with van der Waals surface area (Å²) < 4.78 is 8.25. The van der Waals surface area contributed by atoms with E-state index in [1.807, 2.05) is 0 Å². The van der Waals surface area contributed by atoms with Crippen LogP contribution in [0.3, 0.4) is 0 Å². The van der Waals surface area contributed by atoms with Crippen molar-refractivity contribution in [3.63, 3.8) is 0 Å². The van der Waals surface area contributed by atoms with E-state index < -0.39 is 0 Å². The van der Waals surface area contributed by atoms with Crippen LogP contribution in [-0.4, -0.2) is 27.3 Å². The number of hydrogen-bond acceptors (Lipinski definition) is 1. The maximum absolute atomic E-state index is 8.25. The fourth-order valence-electron chi connectivity index (χ4n) is 0. The molecule has 1 nitrogen and oxygen atoms in total. The average Bonchev–Trinajstić information content (AvgIpc) is 1.00. The monoisotopic (exact) mass is 372 g/mol. The van der Waals surface area contributed by atoms with E-state index in [2.05, 4.69) is 0 Å². The first kappa shape index (κ1) is 24.7. The van der Waals surface area contributed by atoms with Crippen molar-refractivity contribution in [1.29, 1.82) is 0 Å². The molecule has 0 aliphatic heterocycles. The van der Waals surface area contributed by atoms with E-state index in [1.165, 1.54) is 0 Å². The van der Waals surface area contributed by atoms with Crippen molar-refractivity contribution < 1.29 is 70.2 Å². The summed E-state index contributed by atoms with van der Waals surface area (Å²) in [5, 5.41) is 0. The molecule has 22 valence electrons. The van der Waals surface area contributed by atoms with Gasteiger partial charge in [-0.15, -0.1) is 0 Å². The SMILES string of the molecule is [H-].[Li+].[O]=[Ti].[PbH2].[Zr]. The van der Waals surface area contributed by atoms with E-state index in [4.69, 9.17) is 3.32 Å². The summed E-state index contributed by atoms with van der Waals surface area (Å²) in [5.41, 5.74) is 0. The van der Waals surface area contributed by atoms with Crippen molar-refractivity contribution in [2.45, 2.75) is 0 Å². The molecule has 5 heavy (non-hydrogen) atoms. The van der Waals surface area contributed by atoms with Crippen LogP contribution in [0.15, 0.2) is 0 Å². The van der Waals surface area contributed by atoms with Gasteiger partial charge in [0.15, 0.2) is 0 Å². The van der Waals surface area contributed by atoms with Gasteiger partial charge in [-0.05, 0) is 0 Å². The van der Waals surface area contributed by atoms with Crippen LogP contribution in [0.1, 0.15) is 1.43 Å². The topological polar surface area (TPSA) is 17.1 Å². The van der Waals surface area contributed by atoms with Gasteiger partial charge in [0.2, 0.25) is 0 Å². The Balaban J connectivity index is -0.000000000833. The van der Waals surface area contributed by atoms with E-state index >= 15 is 0 Å². The minimum absolute atomic E-state index is 0. The summed E-state index contributed by atoms with van der Waals surface area (Å²) in [7, 11) is 0. The Kier molecular flexibility index (Phi) is 141. The van der Waals surface area contributed by atoms with Gasteiger partial charge in [0, 0.05) is 26.2 Å². The Labute approximate surface area is 95.7 Å². The standard InChI is InChI=1S/Li.O.Pb.Ti.Zr.3H/q+1;;;;;;;-1. The molecule has 0 heterocycles. The van der Waals surface area contributed by atoms with E-state index in [-0.39, 0.29) is 73.8 Å². The zero-order valence-electron chi connectivity index (χ0n) is 4.12. The molecule has 0 rings (SSSR count). The Bertz CT molecular complexity index is 15.5. The minimum atomic E-state index is 0. The molecule has 0 aromatic rings. The zero-order chi connectivity index (χ0) is 2.00. The maximum Gasteiger partial charge on any atom is 0 e. The molecule has 2 radical (unpaired) electrons.